The van der Waals surface area contributed by atoms with Gasteiger partial charge in [0, 0.05) is 6.42 Å². The number of rotatable bonds is 8. The quantitative estimate of drug-likeness (QED) is 0.0792. The number of esters is 1. The Labute approximate surface area is 262 Å². The molecule has 0 heterocycles. The van der Waals surface area contributed by atoms with Crippen molar-refractivity contribution < 1.29 is 44.5 Å². The van der Waals surface area contributed by atoms with E-state index in [1.165, 1.54) is 12.1 Å². The Hall–Kier alpha value is -2.96. The summed E-state index contributed by atoms with van der Waals surface area (Å²) in [6, 6.07) is 26.5. The van der Waals surface area contributed by atoms with Crippen molar-refractivity contribution in [2.24, 2.45) is 23.2 Å². The van der Waals surface area contributed by atoms with Crippen molar-refractivity contribution in [2.75, 3.05) is 0 Å². The summed E-state index contributed by atoms with van der Waals surface area (Å²) in [6.45, 7) is 0. The highest BCUT2D eigenvalue weighted by Crippen LogP contribution is 2.63. The lowest BCUT2D eigenvalue weighted by Crippen LogP contribution is -2.49. The summed E-state index contributed by atoms with van der Waals surface area (Å²) < 4.78 is 101. The van der Waals surface area contributed by atoms with Gasteiger partial charge < -0.3 is 9.29 Å². The second-order valence-electron chi connectivity index (χ2n) is 12.4. The number of carbonyl (C=O) groups excluding carboxylic acids is 1. The smallest absolute Gasteiger partial charge is 0.399 e. The van der Waals surface area contributed by atoms with Gasteiger partial charge in [0.05, 0.1) is 10.9 Å². The van der Waals surface area contributed by atoms with Crippen LogP contribution in [0.2, 0.25) is 0 Å². The van der Waals surface area contributed by atoms with E-state index in [4.69, 9.17) is 4.74 Å². The van der Waals surface area contributed by atoms with Crippen LogP contribution in [0.3, 0.4) is 0 Å². The van der Waals surface area contributed by atoms with Crippen molar-refractivity contribution in [3.63, 3.8) is 0 Å². The van der Waals surface area contributed by atoms with Crippen LogP contribution in [0.1, 0.15) is 51.4 Å². The van der Waals surface area contributed by atoms with E-state index in [0.717, 1.165) is 33.9 Å². The highest BCUT2D eigenvalue weighted by Gasteiger charge is 2.56. The van der Waals surface area contributed by atoms with Gasteiger partial charge in [0.1, 0.15) is 12.2 Å². The molecule has 0 amide bonds. The second-order valence-corrected chi connectivity index (χ2v) is 15.9. The highest BCUT2D eigenvalue weighted by molar-refractivity contribution is 7.97. The van der Waals surface area contributed by atoms with E-state index in [0.29, 0.717) is 37.0 Å². The van der Waals surface area contributed by atoms with Gasteiger partial charge in [0.25, 0.3) is 0 Å². The molecule has 242 valence electrons. The largest absolute Gasteiger partial charge is 0.743 e. The van der Waals surface area contributed by atoms with Gasteiger partial charge in [0.2, 0.25) is 0 Å². The molecule has 4 bridgehead atoms. The number of benzene rings is 3. The van der Waals surface area contributed by atoms with Gasteiger partial charge in [-0.1, -0.05) is 36.4 Å². The Morgan fingerprint density at radius 1 is 0.756 bits per heavy atom. The minimum Gasteiger partial charge on any atom is -0.743 e. The van der Waals surface area contributed by atoms with Crippen molar-refractivity contribution in [2.45, 2.75) is 77.5 Å². The van der Waals surface area contributed by atoms with Crippen LogP contribution in [-0.4, -0.2) is 30.4 Å². The van der Waals surface area contributed by atoms with Crippen LogP contribution in [-0.2, 0) is 25.8 Å². The number of carbonyl (C=O) groups is 1. The number of hydrogen-bond donors (Lipinski definition) is 0. The molecule has 12 heteroatoms. The van der Waals surface area contributed by atoms with Gasteiger partial charge in [-0.25, -0.2) is 8.42 Å². The lowest BCUT2D eigenvalue weighted by molar-refractivity contribution is -0.164. The van der Waals surface area contributed by atoms with E-state index in [9.17, 15) is 39.7 Å². The number of halogens is 5. The monoisotopic (exact) mass is 668 g/mol. The molecule has 4 aliphatic carbocycles. The molecule has 4 saturated carbocycles. The van der Waals surface area contributed by atoms with Crippen molar-refractivity contribution in [1.82, 2.24) is 0 Å². The fraction of sp³-hybridized carbons (Fsp3) is 0.424. The number of hydrogen-bond acceptors (Lipinski definition) is 5. The van der Waals surface area contributed by atoms with Crippen LogP contribution < -0.4 is 4.74 Å². The summed E-state index contributed by atoms with van der Waals surface area (Å²) >= 11 is 0. The first-order chi connectivity index (χ1) is 21.1. The van der Waals surface area contributed by atoms with Crippen LogP contribution in [0.5, 0.6) is 5.75 Å². The van der Waals surface area contributed by atoms with Crippen LogP contribution >= 0.6 is 0 Å². The Morgan fingerprint density at radius 2 is 1.18 bits per heavy atom. The molecule has 0 spiro atoms. The average Bonchev–Trinajstić information content (AvgIpc) is 2.93. The number of alkyl halides is 5. The normalized spacial score (nSPS) is 24.2. The average molecular weight is 669 g/mol. The molecule has 3 aromatic carbocycles. The Balaban J connectivity index is 0.000000192. The van der Waals surface area contributed by atoms with E-state index in [2.05, 4.69) is 0 Å². The van der Waals surface area contributed by atoms with E-state index >= 15 is 0 Å². The first kappa shape index (κ1) is 33.4. The molecule has 45 heavy (non-hydrogen) atoms. The first-order valence-electron chi connectivity index (χ1n) is 14.7. The van der Waals surface area contributed by atoms with Gasteiger partial charge in [-0.15, -0.1) is 0 Å². The van der Waals surface area contributed by atoms with E-state index in [-0.39, 0.29) is 16.6 Å². The molecule has 0 N–H and O–H groups in total. The molecule has 4 fully saturated rings. The predicted molar refractivity (Wildman–Crippen MR) is 158 cm³/mol. The van der Waals surface area contributed by atoms with Gasteiger partial charge in [-0.2, -0.15) is 22.0 Å². The zero-order valence-electron chi connectivity index (χ0n) is 24.2. The van der Waals surface area contributed by atoms with Crippen LogP contribution in [0, 0.1) is 23.2 Å². The minimum atomic E-state index is -5.53. The molecule has 4 aliphatic rings. The first-order valence-corrected chi connectivity index (χ1v) is 17.3. The zero-order chi connectivity index (χ0) is 32.5. The van der Waals surface area contributed by atoms with E-state index < -0.39 is 45.8 Å². The van der Waals surface area contributed by atoms with Crippen molar-refractivity contribution in [3.8, 4) is 5.75 Å². The summed E-state index contributed by atoms with van der Waals surface area (Å²) in [4.78, 5) is 14.6. The fourth-order valence-electron chi connectivity index (χ4n) is 7.53. The zero-order valence-corrected chi connectivity index (χ0v) is 25.9. The summed E-state index contributed by atoms with van der Waals surface area (Å²) in [7, 11) is -5.90. The number of ether oxygens (including phenoxy) is 1. The van der Waals surface area contributed by atoms with E-state index in [1.54, 1.807) is 12.1 Å². The molecular formula is C33H33F5O5S2. The molecule has 0 aromatic heterocycles. The predicted octanol–water partition coefficient (Wildman–Crippen LogP) is 8.37. The second kappa shape index (κ2) is 13.0. The maximum Gasteiger partial charge on any atom is 0.399 e. The SMILES string of the molecule is O=C(CC(F)(F)F)Oc1ccc([S+](c2ccccc2)c2ccccc2)cc1.O=S(=O)([O-])C(F)(F)CC12CC3CC(CC(C3)C1)C2. The van der Waals surface area contributed by atoms with Gasteiger partial charge in [-0.3, -0.25) is 4.79 Å². The molecular weight excluding hydrogens is 635 g/mol. The maximum atomic E-state index is 13.5. The molecule has 0 saturated heterocycles. The van der Waals surface area contributed by atoms with Gasteiger partial charge >= 0.3 is 17.4 Å². The summed E-state index contributed by atoms with van der Waals surface area (Å²) in [6.07, 6.45) is -1.57. The van der Waals surface area contributed by atoms with E-state index in [1.807, 2.05) is 60.7 Å². The standard InChI is InChI=1S/C21H16F3O2S.C12H18F2O3S/c22-21(23,24)15-20(25)26-16-11-13-19(14-12-16)27(17-7-3-1-4-8-17)18-9-5-2-6-10-18;13-12(14,18(15,16)17)7-11-4-8-1-9(5-11)3-10(2-8)6-11/h1-14H,15H2;8-10H,1-7H2,(H,15,16,17)/q+1;/p-1. The van der Waals surface area contributed by atoms with Crippen LogP contribution in [0.25, 0.3) is 0 Å². The van der Waals surface area contributed by atoms with Gasteiger partial charge in [-0.05, 0) is 110 Å². The summed E-state index contributed by atoms with van der Waals surface area (Å²) in [5.41, 5.74) is -0.588. The molecule has 0 radical (unpaired) electrons. The maximum absolute atomic E-state index is 13.5. The summed E-state index contributed by atoms with van der Waals surface area (Å²) in [5.74, 6) is 0.197. The fourth-order valence-corrected chi connectivity index (χ4v) is 10.1. The van der Waals surface area contributed by atoms with Crippen molar-refractivity contribution in [3.05, 3.63) is 84.9 Å². The third kappa shape index (κ3) is 8.45. The van der Waals surface area contributed by atoms with Crippen molar-refractivity contribution >= 4 is 27.0 Å². The molecule has 5 nitrogen and oxygen atoms in total. The van der Waals surface area contributed by atoms with Crippen LogP contribution in [0.4, 0.5) is 22.0 Å². The molecule has 0 unspecified atom stereocenters. The van der Waals surface area contributed by atoms with Gasteiger partial charge in [0.15, 0.2) is 24.8 Å². The molecule has 0 atom stereocenters. The Kier molecular flexibility index (Phi) is 9.68. The third-order valence-corrected chi connectivity index (χ3v) is 11.8. The molecule has 0 aliphatic heterocycles. The lowest BCUT2D eigenvalue weighted by atomic mass is 9.49. The Bertz CT molecular complexity index is 1490. The van der Waals surface area contributed by atoms with Crippen LogP contribution in [0.15, 0.2) is 99.6 Å². The highest BCUT2D eigenvalue weighted by atomic mass is 32.2. The summed E-state index contributed by atoms with van der Waals surface area (Å²) in [5, 5.41) is -4.10. The Morgan fingerprint density at radius 3 is 1.58 bits per heavy atom. The minimum absolute atomic E-state index is 0.0951. The van der Waals surface area contributed by atoms with Crippen molar-refractivity contribution in [1.29, 1.82) is 0 Å². The molecule has 3 aromatic rings. The third-order valence-electron chi connectivity index (χ3n) is 8.71. The lowest BCUT2D eigenvalue weighted by Gasteiger charge is -2.57. The topological polar surface area (TPSA) is 83.5 Å². The molecule has 7 rings (SSSR count).